The summed E-state index contributed by atoms with van der Waals surface area (Å²) in [5, 5.41) is 23.5. The van der Waals surface area contributed by atoms with Crippen LogP contribution in [0.5, 0.6) is 0 Å². The SMILES string of the molecule is C=C(CN1CCCC1)[C@@H]1C[C@H](SC2=C(C(=O)O)N3C(=O)[C@H]([C@@H](C)O)[C@H]3[C@H]2C)CN1. The second-order valence-electron chi connectivity index (χ2n) is 8.85. The molecule has 4 aliphatic rings. The highest BCUT2D eigenvalue weighted by Crippen LogP contribution is 2.51. The number of likely N-dealkylation sites (tertiary alicyclic amines) is 1. The third-order valence-electron chi connectivity index (χ3n) is 6.81. The van der Waals surface area contributed by atoms with Gasteiger partial charge in [-0.1, -0.05) is 13.5 Å². The monoisotopic (exact) mass is 421 g/mol. The van der Waals surface area contributed by atoms with E-state index >= 15 is 0 Å². The summed E-state index contributed by atoms with van der Waals surface area (Å²) in [6.45, 7) is 11.9. The fourth-order valence-corrected chi connectivity index (χ4v) is 6.78. The number of thioether (sulfide) groups is 1. The molecule has 160 valence electrons. The van der Waals surface area contributed by atoms with Gasteiger partial charge in [0.1, 0.15) is 5.70 Å². The molecule has 29 heavy (non-hydrogen) atoms. The lowest BCUT2D eigenvalue weighted by molar-refractivity contribution is -0.163. The summed E-state index contributed by atoms with van der Waals surface area (Å²) in [5.41, 5.74) is 1.32. The quantitative estimate of drug-likeness (QED) is 0.421. The average Bonchev–Trinajstić information content (AvgIpc) is 3.36. The number of rotatable bonds is 7. The first-order chi connectivity index (χ1) is 13.8. The Morgan fingerprint density at radius 1 is 1.38 bits per heavy atom. The maximum Gasteiger partial charge on any atom is 0.353 e. The molecule has 4 aliphatic heterocycles. The summed E-state index contributed by atoms with van der Waals surface area (Å²) in [5.74, 6) is -1.91. The second kappa shape index (κ2) is 8.06. The number of hydrogen-bond donors (Lipinski definition) is 3. The lowest BCUT2D eigenvalue weighted by Crippen LogP contribution is -2.63. The van der Waals surface area contributed by atoms with Crippen molar-refractivity contribution in [2.45, 2.75) is 56.5 Å². The highest BCUT2D eigenvalue weighted by molar-refractivity contribution is 8.03. The van der Waals surface area contributed by atoms with Crippen molar-refractivity contribution in [3.05, 3.63) is 22.8 Å². The molecular formula is C21H31N3O4S. The molecule has 0 saturated carbocycles. The Morgan fingerprint density at radius 2 is 2.07 bits per heavy atom. The van der Waals surface area contributed by atoms with Gasteiger partial charge in [0, 0.05) is 35.2 Å². The number of aliphatic carboxylic acids is 1. The zero-order chi connectivity index (χ0) is 20.9. The first-order valence-electron chi connectivity index (χ1n) is 10.6. The van der Waals surface area contributed by atoms with Crippen LogP contribution in [0.2, 0.25) is 0 Å². The van der Waals surface area contributed by atoms with Gasteiger partial charge in [-0.15, -0.1) is 11.8 Å². The highest BCUT2D eigenvalue weighted by Gasteiger charge is 2.60. The molecule has 0 aromatic heterocycles. The molecule has 0 unspecified atom stereocenters. The zero-order valence-electron chi connectivity index (χ0n) is 17.1. The van der Waals surface area contributed by atoms with Crippen LogP contribution in [0.25, 0.3) is 0 Å². The highest BCUT2D eigenvalue weighted by atomic mass is 32.2. The molecule has 4 heterocycles. The summed E-state index contributed by atoms with van der Waals surface area (Å²) in [4.78, 5) is 29.0. The van der Waals surface area contributed by atoms with E-state index in [0.717, 1.165) is 37.5 Å². The van der Waals surface area contributed by atoms with Crippen molar-refractivity contribution in [1.29, 1.82) is 0 Å². The van der Waals surface area contributed by atoms with Crippen LogP contribution in [0.1, 0.15) is 33.1 Å². The van der Waals surface area contributed by atoms with E-state index in [9.17, 15) is 19.8 Å². The van der Waals surface area contributed by atoms with Gasteiger partial charge in [0.25, 0.3) is 0 Å². The number of carboxylic acids is 1. The fraction of sp³-hybridized carbons (Fsp3) is 0.714. The molecule has 0 bridgehead atoms. The van der Waals surface area contributed by atoms with Gasteiger partial charge in [0.15, 0.2) is 0 Å². The van der Waals surface area contributed by atoms with Crippen LogP contribution in [0.15, 0.2) is 22.8 Å². The number of carbonyl (C=O) groups excluding carboxylic acids is 1. The van der Waals surface area contributed by atoms with Crippen molar-refractivity contribution in [2.75, 3.05) is 26.2 Å². The Hall–Kier alpha value is -1.35. The van der Waals surface area contributed by atoms with E-state index in [2.05, 4.69) is 16.8 Å². The topological polar surface area (TPSA) is 93.1 Å². The van der Waals surface area contributed by atoms with Crippen LogP contribution in [0.4, 0.5) is 0 Å². The minimum absolute atomic E-state index is 0.0738. The van der Waals surface area contributed by atoms with Crippen molar-refractivity contribution in [1.82, 2.24) is 15.1 Å². The minimum atomic E-state index is -1.06. The Balaban J connectivity index is 1.43. The van der Waals surface area contributed by atoms with Crippen LogP contribution >= 0.6 is 11.8 Å². The van der Waals surface area contributed by atoms with E-state index < -0.39 is 18.0 Å². The van der Waals surface area contributed by atoms with Gasteiger partial charge in [-0.3, -0.25) is 9.69 Å². The van der Waals surface area contributed by atoms with Crippen LogP contribution in [-0.2, 0) is 9.59 Å². The molecule has 0 spiro atoms. The molecule has 7 nitrogen and oxygen atoms in total. The molecule has 8 heteroatoms. The van der Waals surface area contributed by atoms with E-state index in [0.29, 0.717) is 0 Å². The van der Waals surface area contributed by atoms with E-state index in [4.69, 9.17) is 0 Å². The van der Waals surface area contributed by atoms with Crippen molar-refractivity contribution < 1.29 is 19.8 Å². The van der Waals surface area contributed by atoms with Gasteiger partial charge in [-0.05, 0) is 44.8 Å². The molecular weight excluding hydrogens is 390 g/mol. The Kier molecular flexibility index (Phi) is 5.81. The minimum Gasteiger partial charge on any atom is -0.477 e. The molecule has 3 saturated heterocycles. The van der Waals surface area contributed by atoms with Crippen molar-refractivity contribution in [3.8, 4) is 0 Å². The molecule has 3 N–H and O–H groups in total. The molecule has 0 radical (unpaired) electrons. The Bertz CT molecular complexity index is 746. The summed E-state index contributed by atoms with van der Waals surface area (Å²) < 4.78 is 0. The molecule has 0 aliphatic carbocycles. The number of hydrogen-bond acceptors (Lipinski definition) is 6. The lowest BCUT2D eigenvalue weighted by Gasteiger charge is -2.46. The third-order valence-corrected chi connectivity index (χ3v) is 8.32. The fourth-order valence-electron chi connectivity index (χ4n) is 5.30. The average molecular weight is 422 g/mol. The van der Waals surface area contributed by atoms with Gasteiger partial charge >= 0.3 is 5.97 Å². The van der Waals surface area contributed by atoms with Gasteiger partial charge in [-0.25, -0.2) is 4.79 Å². The number of carboxylic acid groups (broad SMARTS) is 1. The summed E-state index contributed by atoms with van der Waals surface area (Å²) in [7, 11) is 0. The number of nitrogens with one attached hydrogen (secondary N) is 1. The van der Waals surface area contributed by atoms with Crippen molar-refractivity contribution in [3.63, 3.8) is 0 Å². The lowest BCUT2D eigenvalue weighted by atomic mass is 9.79. The third kappa shape index (κ3) is 3.65. The van der Waals surface area contributed by atoms with E-state index in [1.807, 2.05) is 6.92 Å². The Morgan fingerprint density at radius 3 is 2.69 bits per heavy atom. The standard InChI is InChI=1S/C21H31N3O4S/c1-11(10-23-6-4-5-7-23)15-8-14(9-22-15)29-19-12(2)17-16(13(3)25)20(26)24(17)18(19)21(27)28/h12-17,22,25H,1,4-10H2,2-3H3,(H,27,28)/t12-,13-,14+,15+,16-,17-/m1/s1. The number of aliphatic hydroxyl groups excluding tert-OH is 1. The van der Waals surface area contributed by atoms with Gasteiger partial charge in [0.05, 0.1) is 18.1 Å². The summed E-state index contributed by atoms with van der Waals surface area (Å²) >= 11 is 1.59. The smallest absolute Gasteiger partial charge is 0.353 e. The first-order valence-corrected chi connectivity index (χ1v) is 11.5. The van der Waals surface area contributed by atoms with Crippen LogP contribution in [-0.4, -0.2) is 81.5 Å². The van der Waals surface area contributed by atoms with Crippen LogP contribution < -0.4 is 5.32 Å². The number of nitrogens with zero attached hydrogens (tertiary/aromatic N) is 2. The Labute approximate surface area is 176 Å². The largest absolute Gasteiger partial charge is 0.477 e. The summed E-state index contributed by atoms with van der Waals surface area (Å²) in [6.07, 6.45) is 2.67. The van der Waals surface area contributed by atoms with E-state index in [1.165, 1.54) is 23.3 Å². The zero-order valence-corrected chi connectivity index (χ0v) is 18.0. The number of fused-ring (bicyclic) bond motifs is 1. The molecule has 3 fully saturated rings. The number of β-lactam (4-membered cyclic amide) rings is 1. The number of amides is 1. The predicted molar refractivity (Wildman–Crippen MR) is 112 cm³/mol. The molecule has 6 atom stereocenters. The molecule has 0 aromatic carbocycles. The molecule has 1 amide bonds. The number of aliphatic hydroxyl groups is 1. The van der Waals surface area contributed by atoms with Gasteiger partial charge in [-0.2, -0.15) is 0 Å². The van der Waals surface area contributed by atoms with Gasteiger partial charge in [0.2, 0.25) is 5.91 Å². The predicted octanol–water partition coefficient (Wildman–Crippen LogP) is 1.26. The maximum absolute atomic E-state index is 12.5. The van der Waals surface area contributed by atoms with E-state index in [1.54, 1.807) is 18.7 Å². The number of carbonyl (C=O) groups is 2. The first kappa shape index (κ1) is 20.9. The molecule has 0 aromatic rings. The molecule has 4 rings (SSSR count). The van der Waals surface area contributed by atoms with Gasteiger partial charge < -0.3 is 20.4 Å². The maximum atomic E-state index is 12.5. The normalized spacial score (nSPS) is 35.8. The van der Waals surface area contributed by atoms with Crippen molar-refractivity contribution in [2.24, 2.45) is 11.8 Å². The van der Waals surface area contributed by atoms with Crippen LogP contribution in [0.3, 0.4) is 0 Å². The van der Waals surface area contributed by atoms with Crippen LogP contribution in [0, 0.1) is 11.8 Å². The second-order valence-corrected chi connectivity index (χ2v) is 10.2. The van der Waals surface area contributed by atoms with Crippen molar-refractivity contribution >= 4 is 23.6 Å². The van der Waals surface area contributed by atoms with E-state index in [-0.39, 0.29) is 34.9 Å². The summed E-state index contributed by atoms with van der Waals surface area (Å²) in [6, 6.07) is 0.00829.